The van der Waals surface area contributed by atoms with Crippen LogP contribution in [0.3, 0.4) is 0 Å². The predicted octanol–water partition coefficient (Wildman–Crippen LogP) is 1.71. The van der Waals surface area contributed by atoms with Crippen LogP contribution in [0.2, 0.25) is 0 Å². The van der Waals surface area contributed by atoms with Gasteiger partial charge in [-0.2, -0.15) is 0 Å². The monoisotopic (exact) mass is 210 g/mol. The van der Waals surface area contributed by atoms with Crippen LogP contribution in [0.15, 0.2) is 0 Å². The van der Waals surface area contributed by atoms with Gasteiger partial charge in [0.05, 0.1) is 5.54 Å². The fourth-order valence-electron chi connectivity index (χ4n) is 2.54. The minimum Gasteiger partial charge on any atom is -0.352 e. The first-order valence-electron chi connectivity index (χ1n) is 6.31. The maximum atomic E-state index is 11.9. The Hall–Kier alpha value is -0.570. The van der Waals surface area contributed by atoms with Crippen LogP contribution in [-0.4, -0.2) is 17.5 Å². The number of hydrogen-bond acceptors (Lipinski definition) is 2. The van der Waals surface area contributed by atoms with E-state index >= 15 is 0 Å². The van der Waals surface area contributed by atoms with Crippen molar-refractivity contribution in [2.45, 2.75) is 69.4 Å². The molecule has 0 aliphatic heterocycles. The zero-order valence-electron chi connectivity index (χ0n) is 9.43. The molecule has 15 heavy (non-hydrogen) atoms. The molecule has 0 saturated heterocycles. The van der Waals surface area contributed by atoms with E-state index < -0.39 is 5.54 Å². The Balaban J connectivity index is 1.82. The Bertz CT molecular complexity index is 228. The van der Waals surface area contributed by atoms with Gasteiger partial charge in [0.1, 0.15) is 0 Å². The second-order valence-electron chi connectivity index (χ2n) is 5.17. The summed E-state index contributed by atoms with van der Waals surface area (Å²) >= 11 is 0. The highest BCUT2D eigenvalue weighted by Crippen LogP contribution is 2.29. The molecule has 0 aromatic rings. The van der Waals surface area contributed by atoms with Crippen LogP contribution in [0.4, 0.5) is 0 Å². The Morgan fingerprint density at radius 3 is 2.13 bits per heavy atom. The lowest BCUT2D eigenvalue weighted by atomic mass is 9.77. The molecule has 2 aliphatic rings. The molecule has 2 saturated carbocycles. The van der Waals surface area contributed by atoms with Crippen LogP contribution < -0.4 is 11.1 Å². The van der Waals surface area contributed by atoms with E-state index in [1.54, 1.807) is 0 Å². The highest BCUT2D eigenvalue weighted by molar-refractivity contribution is 5.87. The third kappa shape index (κ3) is 2.51. The van der Waals surface area contributed by atoms with E-state index in [1.807, 2.05) is 0 Å². The minimum atomic E-state index is -0.522. The summed E-state index contributed by atoms with van der Waals surface area (Å²) in [6.45, 7) is 0. The summed E-state index contributed by atoms with van der Waals surface area (Å²) in [4.78, 5) is 11.9. The van der Waals surface area contributed by atoms with Crippen molar-refractivity contribution < 1.29 is 4.79 Å². The van der Waals surface area contributed by atoms with Crippen molar-refractivity contribution in [1.29, 1.82) is 0 Å². The summed E-state index contributed by atoms with van der Waals surface area (Å²) in [6.07, 6.45) is 10.3. The van der Waals surface area contributed by atoms with E-state index in [9.17, 15) is 4.79 Å². The van der Waals surface area contributed by atoms with Gasteiger partial charge in [-0.25, -0.2) is 0 Å². The van der Waals surface area contributed by atoms with Crippen LogP contribution in [0.25, 0.3) is 0 Å². The number of carbonyl (C=O) groups is 1. The number of hydrogen-bond donors (Lipinski definition) is 2. The normalized spacial score (nSPS) is 26.5. The lowest BCUT2D eigenvalue weighted by Gasteiger charge is -2.37. The molecule has 3 N–H and O–H groups in total. The summed E-state index contributed by atoms with van der Waals surface area (Å²) in [6, 6.07) is 0.390. The van der Waals surface area contributed by atoms with Gasteiger partial charge in [-0.1, -0.05) is 25.7 Å². The quantitative estimate of drug-likeness (QED) is 0.682. The van der Waals surface area contributed by atoms with Crippen LogP contribution in [0.1, 0.15) is 57.8 Å². The Morgan fingerprint density at radius 1 is 1.07 bits per heavy atom. The average molecular weight is 210 g/mol. The summed E-state index contributed by atoms with van der Waals surface area (Å²) in [5.74, 6) is 0.0978. The molecule has 0 radical (unpaired) electrons. The Morgan fingerprint density at radius 2 is 1.67 bits per heavy atom. The molecule has 0 spiro atoms. The topological polar surface area (TPSA) is 55.1 Å². The molecular formula is C12H22N2O. The van der Waals surface area contributed by atoms with Crippen molar-refractivity contribution in [2.75, 3.05) is 0 Å². The Kier molecular flexibility index (Phi) is 3.29. The van der Waals surface area contributed by atoms with E-state index in [1.165, 1.54) is 25.7 Å². The molecule has 86 valence electrons. The highest BCUT2D eigenvalue weighted by atomic mass is 16.2. The van der Waals surface area contributed by atoms with E-state index in [4.69, 9.17) is 5.73 Å². The first-order chi connectivity index (χ1) is 7.21. The summed E-state index contributed by atoms with van der Waals surface area (Å²) in [5.41, 5.74) is 5.47. The lowest BCUT2D eigenvalue weighted by molar-refractivity contribution is -0.130. The molecular weight excluding hydrogens is 188 g/mol. The molecule has 0 heterocycles. The molecule has 2 fully saturated rings. The van der Waals surface area contributed by atoms with Gasteiger partial charge in [-0.05, 0) is 32.1 Å². The van der Waals surface area contributed by atoms with E-state index in [2.05, 4.69) is 5.32 Å². The zero-order valence-corrected chi connectivity index (χ0v) is 9.43. The maximum absolute atomic E-state index is 11.9. The second kappa shape index (κ2) is 4.52. The number of rotatable bonds is 2. The molecule has 0 aromatic heterocycles. The molecule has 0 aromatic carbocycles. The first kappa shape index (κ1) is 10.9. The number of nitrogens with one attached hydrogen (secondary N) is 1. The van der Waals surface area contributed by atoms with Gasteiger partial charge in [0.25, 0.3) is 0 Å². The van der Waals surface area contributed by atoms with Crippen molar-refractivity contribution in [3.05, 3.63) is 0 Å². The predicted molar refractivity (Wildman–Crippen MR) is 60.4 cm³/mol. The first-order valence-corrected chi connectivity index (χ1v) is 6.31. The van der Waals surface area contributed by atoms with Gasteiger partial charge < -0.3 is 11.1 Å². The lowest BCUT2D eigenvalue weighted by Crippen LogP contribution is -2.60. The number of nitrogens with two attached hydrogens (primary N) is 1. The van der Waals surface area contributed by atoms with Gasteiger partial charge >= 0.3 is 0 Å². The van der Waals surface area contributed by atoms with Crippen LogP contribution in [-0.2, 0) is 4.79 Å². The Labute approximate surface area is 91.8 Å². The molecule has 0 atom stereocenters. The van der Waals surface area contributed by atoms with Gasteiger partial charge in [-0.3, -0.25) is 4.79 Å². The van der Waals surface area contributed by atoms with Crippen LogP contribution in [0, 0.1) is 0 Å². The van der Waals surface area contributed by atoms with Gasteiger partial charge in [-0.15, -0.1) is 0 Å². The van der Waals surface area contributed by atoms with E-state index in [0.29, 0.717) is 6.04 Å². The largest absolute Gasteiger partial charge is 0.352 e. The highest BCUT2D eigenvalue weighted by Gasteiger charge is 2.40. The maximum Gasteiger partial charge on any atom is 0.240 e. The van der Waals surface area contributed by atoms with Crippen molar-refractivity contribution in [3.8, 4) is 0 Å². The van der Waals surface area contributed by atoms with Gasteiger partial charge in [0, 0.05) is 6.04 Å². The summed E-state index contributed by atoms with van der Waals surface area (Å²) < 4.78 is 0. The summed E-state index contributed by atoms with van der Waals surface area (Å²) in [7, 11) is 0. The SMILES string of the molecule is NC1(C(=O)NC2CCCCCC2)CCC1. The molecule has 1 amide bonds. The van der Waals surface area contributed by atoms with Crippen LogP contribution in [0.5, 0.6) is 0 Å². The van der Waals surface area contributed by atoms with E-state index in [-0.39, 0.29) is 5.91 Å². The van der Waals surface area contributed by atoms with Crippen molar-refractivity contribution in [3.63, 3.8) is 0 Å². The number of carbonyl (C=O) groups excluding carboxylic acids is 1. The average Bonchev–Trinajstić information content (AvgIpc) is 2.42. The smallest absolute Gasteiger partial charge is 0.240 e. The van der Waals surface area contributed by atoms with Gasteiger partial charge in [0.2, 0.25) is 5.91 Å². The molecule has 2 rings (SSSR count). The third-order valence-electron chi connectivity index (χ3n) is 3.89. The minimum absolute atomic E-state index is 0.0978. The number of amides is 1. The van der Waals surface area contributed by atoms with Crippen molar-refractivity contribution in [2.24, 2.45) is 5.73 Å². The molecule has 0 unspecified atom stereocenters. The third-order valence-corrected chi connectivity index (χ3v) is 3.89. The molecule has 0 bridgehead atoms. The second-order valence-corrected chi connectivity index (χ2v) is 5.17. The van der Waals surface area contributed by atoms with Crippen molar-refractivity contribution in [1.82, 2.24) is 5.32 Å². The molecule has 3 heteroatoms. The summed E-state index contributed by atoms with van der Waals surface area (Å²) in [5, 5.41) is 3.14. The molecule has 3 nitrogen and oxygen atoms in total. The van der Waals surface area contributed by atoms with Crippen molar-refractivity contribution >= 4 is 5.91 Å². The van der Waals surface area contributed by atoms with Gasteiger partial charge in [0.15, 0.2) is 0 Å². The van der Waals surface area contributed by atoms with E-state index in [0.717, 1.165) is 32.1 Å². The van der Waals surface area contributed by atoms with Crippen LogP contribution >= 0.6 is 0 Å². The fraction of sp³-hybridized carbons (Fsp3) is 0.917. The standard InChI is InChI=1S/C12H22N2O/c13-12(8-5-9-12)11(15)14-10-6-3-1-2-4-7-10/h10H,1-9,13H2,(H,14,15). The fourth-order valence-corrected chi connectivity index (χ4v) is 2.54. The zero-order chi connectivity index (χ0) is 10.7. The molecule has 2 aliphatic carbocycles.